The number of halogens is 2. The Bertz CT molecular complexity index is 594. The summed E-state index contributed by atoms with van der Waals surface area (Å²) in [7, 11) is 1.64. The third-order valence-corrected chi connectivity index (χ3v) is 3.91. The normalized spacial score (nSPS) is 12.2. The van der Waals surface area contributed by atoms with Gasteiger partial charge in [-0.2, -0.15) is 0 Å². The van der Waals surface area contributed by atoms with Crippen molar-refractivity contribution >= 4 is 27.5 Å². The van der Waals surface area contributed by atoms with Crippen LogP contribution in [0.5, 0.6) is 5.75 Å². The zero-order chi connectivity index (χ0) is 14.5. The van der Waals surface area contributed by atoms with E-state index in [0.717, 1.165) is 21.5 Å². The molecule has 20 heavy (non-hydrogen) atoms. The number of aromatic nitrogens is 1. The molecule has 0 bridgehead atoms. The molecule has 6 heteroatoms. The Balaban J connectivity index is 2.23. The van der Waals surface area contributed by atoms with E-state index in [9.17, 15) is 0 Å². The molecule has 2 rings (SSSR count). The number of nitrogens with two attached hydrogens (primary N) is 1. The van der Waals surface area contributed by atoms with Gasteiger partial charge in [0, 0.05) is 6.20 Å². The van der Waals surface area contributed by atoms with Gasteiger partial charge in [0.15, 0.2) is 0 Å². The average Bonchev–Trinajstić information content (AvgIpc) is 2.46. The van der Waals surface area contributed by atoms with Crippen molar-refractivity contribution in [2.75, 3.05) is 7.11 Å². The van der Waals surface area contributed by atoms with Crippen LogP contribution in [0.25, 0.3) is 0 Å². The minimum absolute atomic E-state index is 0.149. The summed E-state index contributed by atoms with van der Waals surface area (Å²) in [5, 5.41) is 0.600. The van der Waals surface area contributed by atoms with Crippen LogP contribution < -0.4 is 16.0 Å². The topological polar surface area (TPSA) is 60.2 Å². The van der Waals surface area contributed by atoms with Crippen molar-refractivity contribution in [2.24, 2.45) is 5.84 Å². The van der Waals surface area contributed by atoms with Crippen LogP contribution in [0.4, 0.5) is 0 Å². The highest BCUT2D eigenvalue weighted by Gasteiger charge is 2.15. The number of nitrogens with one attached hydrogen (secondary N) is 1. The summed E-state index contributed by atoms with van der Waals surface area (Å²) in [6.45, 7) is 0. The number of rotatable bonds is 5. The summed E-state index contributed by atoms with van der Waals surface area (Å²) in [4.78, 5) is 4.29. The van der Waals surface area contributed by atoms with Crippen molar-refractivity contribution in [1.29, 1.82) is 0 Å². The maximum atomic E-state index is 6.16. The van der Waals surface area contributed by atoms with E-state index >= 15 is 0 Å². The lowest BCUT2D eigenvalue weighted by Crippen LogP contribution is -2.30. The molecule has 1 unspecified atom stereocenters. The first-order valence-corrected chi connectivity index (χ1v) is 7.21. The van der Waals surface area contributed by atoms with E-state index in [1.807, 2.05) is 18.2 Å². The summed E-state index contributed by atoms with van der Waals surface area (Å²) in [6, 6.07) is 9.35. The van der Waals surface area contributed by atoms with Crippen LogP contribution >= 0.6 is 27.5 Å². The van der Waals surface area contributed by atoms with Gasteiger partial charge in [-0.05, 0) is 52.2 Å². The standard InChI is InChI=1S/C14H15BrClN3O/c1-20-13-5-4-9(7-10(13)15)8-12(19-17)14-11(16)3-2-6-18-14/h2-7,12,19H,8,17H2,1H3. The Morgan fingerprint density at radius 2 is 2.25 bits per heavy atom. The molecule has 0 spiro atoms. The van der Waals surface area contributed by atoms with Gasteiger partial charge in [-0.15, -0.1) is 0 Å². The van der Waals surface area contributed by atoms with Gasteiger partial charge in [0.1, 0.15) is 5.75 Å². The van der Waals surface area contributed by atoms with Crippen LogP contribution in [-0.4, -0.2) is 12.1 Å². The third-order valence-electron chi connectivity index (χ3n) is 2.97. The highest BCUT2D eigenvalue weighted by atomic mass is 79.9. The average molecular weight is 357 g/mol. The van der Waals surface area contributed by atoms with Gasteiger partial charge in [0.2, 0.25) is 0 Å². The van der Waals surface area contributed by atoms with E-state index in [4.69, 9.17) is 22.2 Å². The smallest absolute Gasteiger partial charge is 0.133 e. The molecule has 0 saturated heterocycles. The lowest BCUT2D eigenvalue weighted by atomic mass is 10.0. The van der Waals surface area contributed by atoms with Crippen molar-refractivity contribution < 1.29 is 4.74 Å². The van der Waals surface area contributed by atoms with Crippen LogP contribution in [0.2, 0.25) is 5.02 Å². The zero-order valence-corrected chi connectivity index (χ0v) is 13.3. The first-order chi connectivity index (χ1) is 9.65. The molecule has 0 aliphatic rings. The lowest BCUT2D eigenvalue weighted by molar-refractivity contribution is 0.412. The second kappa shape index (κ2) is 7.04. The quantitative estimate of drug-likeness (QED) is 0.638. The Kier molecular flexibility index (Phi) is 5.37. The summed E-state index contributed by atoms with van der Waals surface area (Å²) in [5.74, 6) is 6.42. The molecule has 0 saturated carbocycles. The Hall–Kier alpha value is -1.14. The monoisotopic (exact) mass is 355 g/mol. The highest BCUT2D eigenvalue weighted by molar-refractivity contribution is 9.10. The highest BCUT2D eigenvalue weighted by Crippen LogP contribution is 2.28. The SMILES string of the molecule is COc1ccc(CC(NN)c2ncccc2Cl)cc1Br. The molecule has 4 nitrogen and oxygen atoms in total. The summed E-state index contributed by atoms with van der Waals surface area (Å²) >= 11 is 9.63. The number of hydrazine groups is 1. The number of pyridine rings is 1. The number of nitrogens with zero attached hydrogens (tertiary/aromatic N) is 1. The second-order valence-corrected chi connectivity index (χ2v) is 5.52. The minimum Gasteiger partial charge on any atom is -0.496 e. The first kappa shape index (κ1) is 15.3. The van der Waals surface area contributed by atoms with Gasteiger partial charge in [0.05, 0.1) is 28.3 Å². The fraction of sp³-hybridized carbons (Fsp3) is 0.214. The number of hydrogen-bond acceptors (Lipinski definition) is 4. The van der Waals surface area contributed by atoms with Crippen LogP contribution in [0.1, 0.15) is 17.3 Å². The van der Waals surface area contributed by atoms with Crippen molar-refractivity contribution in [2.45, 2.75) is 12.5 Å². The summed E-state index contributed by atoms with van der Waals surface area (Å²) in [6.07, 6.45) is 2.38. The van der Waals surface area contributed by atoms with Gasteiger partial charge in [-0.25, -0.2) is 0 Å². The molecule has 0 radical (unpaired) electrons. The second-order valence-electron chi connectivity index (χ2n) is 4.26. The summed E-state index contributed by atoms with van der Waals surface area (Å²) in [5.41, 5.74) is 4.60. The van der Waals surface area contributed by atoms with Crippen molar-refractivity contribution in [3.05, 3.63) is 57.3 Å². The minimum atomic E-state index is -0.149. The maximum absolute atomic E-state index is 6.16. The molecule has 1 aromatic heterocycles. The number of hydrogen-bond donors (Lipinski definition) is 2. The van der Waals surface area contributed by atoms with Crippen molar-refractivity contribution in [3.63, 3.8) is 0 Å². The number of methoxy groups -OCH3 is 1. The molecule has 1 aromatic carbocycles. The van der Waals surface area contributed by atoms with Gasteiger partial charge in [-0.1, -0.05) is 17.7 Å². The molecule has 0 aliphatic heterocycles. The van der Waals surface area contributed by atoms with Crippen LogP contribution in [-0.2, 0) is 6.42 Å². The maximum Gasteiger partial charge on any atom is 0.133 e. The molecule has 0 aliphatic carbocycles. The molecule has 106 valence electrons. The fourth-order valence-electron chi connectivity index (χ4n) is 1.96. The predicted molar refractivity (Wildman–Crippen MR) is 83.7 cm³/mol. The molecular formula is C14H15BrClN3O. The fourth-order valence-corrected chi connectivity index (χ4v) is 2.80. The van der Waals surface area contributed by atoms with E-state index in [-0.39, 0.29) is 6.04 Å². The first-order valence-electron chi connectivity index (χ1n) is 6.04. The zero-order valence-electron chi connectivity index (χ0n) is 10.9. The van der Waals surface area contributed by atoms with Crippen LogP contribution in [0, 0.1) is 0 Å². The Labute approximate surface area is 131 Å². The molecular weight excluding hydrogens is 342 g/mol. The van der Waals surface area contributed by atoms with Gasteiger partial charge in [-0.3, -0.25) is 16.3 Å². The van der Waals surface area contributed by atoms with Gasteiger partial charge < -0.3 is 4.74 Å². The van der Waals surface area contributed by atoms with Crippen LogP contribution in [0.15, 0.2) is 41.0 Å². The molecule has 1 atom stereocenters. The van der Waals surface area contributed by atoms with Crippen molar-refractivity contribution in [1.82, 2.24) is 10.4 Å². The molecule has 1 heterocycles. The third kappa shape index (κ3) is 3.49. The van der Waals surface area contributed by atoms with E-state index in [2.05, 4.69) is 26.3 Å². The predicted octanol–water partition coefficient (Wildman–Crippen LogP) is 3.25. The Morgan fingerprint density at radius 1 is 1.45 bits per heavy atom. The van der Waals surface area contributed by atoms with E-state index in [0.29, 0.717) is 11.4 Å². The Morgan fingerprint density at radius 3 is 2.85 bits per heavy atom. The van der Waals surface area contributed by atoms with Crippen LogP contribution in [0.3, 0.4) is 0 Å². The van der Waals surface area contributed by atoms with E-state index < -0.39 is 0 Å². The van der Waals surface area contributed by atoms with Gasteiger partial charge >= 0.3 is 0 Å². The lowest BCUT2D eigenvalue weighted by Gasteiger charge is -2.17. The van der Waals surface area contributed by atoms with E-state index in [1.165, 1.54) is 0 Å². The van der Waals surface area contributed by atoms with Crippen molar-refractivity contribution in [3.8, 4) is 5.75 Å². The molecule has 2 aromatic rings. The number of ether oxygens (including phenoxy) is 1. The largest absolute Gasteiger partial charge is 0.496 e. The van der Waals surface area contributed by atoms with Gasteiger partial charge in [0.25, 0.3) is 0 Å². The molecule has 0 fully saturated rings. The molecule has 0 amide bonds. The molecule has 3 N–H and O–H groups in total. The number of benzene rings is 1. The van der Waals surface area contributed by atoms with E-state index in [1.54, 1.807) is 25.4 Å². The summed E-state index contributed by atoms with van der Waals surface area (Å²) < 4.78 is 6.12.